The molecule has 26 heavy (non-hydrogen) atoms. The van der Waals surface area contributed by atoms with Crippen LogP contribution in [0.25, 0.3) is 0 Å². The lowest BCUT2D eigenvalue weighted by atomic mass is 10.0. The fourth-order valence-corrected chi connectivity index (χ4v) is 3.74. The lowest BCUT2D eigenvalue weighted by molar-refractivity contribution is 0.144. The Bertz CT molecular complexity index is 636. The van der Waals surface area contributed by atoms with Gasteiger partial charge in [-0.15, -0.1) is 24.0 Å². The largest absolute Gasteiger partial charge is 0.490 e. The van der Waals surface area contributed by atoms with Crippen LogP contribution in [0.1, 0.15) is 38.5 Å². The van der Waals surface area contributed by atoms with Gasteiger partial charge in [-0.1, -0.05) is 6.42 Å². The molecule has 2 heterocycles. The number of likely N-dealkylation sites (tertiary alicyclic amines) is 1. The monoisotopic (exact) mass is 472 g/mol. The number of guanidine groups is 1. The summed E-state index contributed by atoms with van der Waals surface area (Å²) in [5, 5.41) is 3.19. The summed E-state index contributed by atoms with van der Waals surface area (Å²) >= 11 is 0. The van der Waals surface area contributed by atoms with E-state index in [4.69, 9.17) is 15.2 Å². The molecule has 0 bridgehead atoms. The maximum Gasteiger partial charge on any atom is 0.193 e. The van der Waals surface area contributed by atoms with Crippen molar-refractivity contribution in [2.45, 2.75) is 50.6 Å². The van der Waals surface area contributed by atoms with Gasteiger partial charge in [0.2, 0.25) is 0 Å². The molecule has 3 N–H and O–H groups in total. The summed E-state index contributed by atoms with van der Waals surface area (Å²) in [4.78, 5) is 7.25. The highest BCUT2D eigenvalue weighted by molar-refractivity contribution is 14.0. The Labute approximate surface area is 172 Å². The standard InChI is InChI=1S/C19H28N4O2.HI/c20-19(21-13-16-4-1-2-9-23(16)15-6-7-15)22-14-5-8-17-18(12-14)25-11-3-10-24-17;/h5,8,12,15-16H,1-4,6-7,9-11,13H2,(H3,20,21,22);1H. The molecule has 1 atom stereocenters. The van der Waals surface area contributed by atoms with Crippen LogP contribution in [0.15, 0.2) is 23.2 Å². The van der Waals surface area contributed by atoms with E-state index < -0.39 is 0 Å². The average Bonchev–Trinajstić information content (AvgIpc) is 3.47. The van der Waals surface area contributed by atoms with E-state index in [0.29, 0.717) is 25.2 Å². The van der Waals surface area contributed by atoms with Gasteiger partial charge in [-0.2, -0.15) is 0 Å². The number of anilines is 1. The molecule has 1 unspecified atom stereocenters. The Morgan fingerprint density at radius 1 is 1.12 bits per heavy atom. The Morgan fingerprint density at radius 2 is 1.92 bits per heavy atom. The first-order chi connectivity index (χ1) is 12.3. The molecule has 1 aliphatic carbocycles. The molecule has 0 spiro atoms. The lowest BCUT2D eigenvalue weighted by Gasteiger charge is -2.35. The third-order valence-electron chi connectivity index (χ3n) is 5.18. The molecule has 4 rings (SSSR count). The van der Waals surface area contributed by atoms with E-state index in [1.807, 2.05) is 18.2 Å². The summed E-state index contributed by atoms with van der Waals surface area (Å²) in [6.07, 6.45) is 7.47. The molecule has 3 aliphatic rings. The number of fused-ring (bicyclic) bond motifs is 1. The number of nitrogens with zero attached hydrogens (tertiary/aromatic N) is 2. The molecule has 2 fully saturated rings. The number of aliphatic imine (C=N–C) groups is 1. The van der Waals surface area contributed by atoms with Gasteiger partial charge in [0.15, 0.2) is 17.5 Å². The normalized spacial score (nSPS) is 23.7. The molecule has 1 saturated heterocycles. The van der Waals surface area contributed by atoms with Crippen molar-refractivity contribution in [3.05, 3.63) is 18.2 Å². The van der Waals surface area contributed by atoms with Crippen LogP contribution in [-0.4, -0.2) is 49.2 Å². The second-order valence-electron chi connectivity index (χ2n) is 7.18. The zero-order chi connectivity index (χ0) is 17.1. The molecular weight excluding hydrogens is 443 g/mol. The van der Waals surface area contributed by atoms with Crippen molar-refractivity contribution in [3.8, 4) is 11.5 Å². The predicted molar refractivity (Wildman–Crippen MR) is 115 cm³/mol. The number of ether oxygens (including phenoxy) is 2. The Morgan fingerprint density at radius 3 is 2.73 bits per heavy atom. The molecule has 6 nitrogen and oxygen atoms in total. The van der Waals surface area contributed by atoms with Crippen molar-refractivity contribution < 1.29 is 9.47 Å². The number of nitrogens with one attached hydrogen (secondary N) is 1. The number of benzene rings is 1. The topological polar surface area (TPSA) is 72.1 Å². The first-order valence-corrected chi connectivity index (χ1v) is 9.52. The SMILES string of the molecule is I.NC(=NCC1CCCCN1C1CC1)Nc1ccc2c(c1)OCCCO2. The first kappa shape index (κ1) is 19.5. The fourth-order valence-electron chi connectivity index (χ4n) is 3.74. The second-order valence-corrected chi connectivity index (χ2v) is 7.18. The maximum absolute atomic E-state index is 6.12. The van der Waals surface area contributed by atoms with Crippen molar-refractivity contribution in [3.63, 3.8) is 0 Å². The summed E-state index contributed by atoms with van der Waals surface area (Å²) in [7, 11) is 0. The molecule has 1 aromatic carbocycles. The highest BCUT2D eigenvalue weighted by Crippen LogP contribution is 2.33. The van der Waals surface area contributed by atoms with E-state index in [9.17, 15) is 0 Å². The van der Waals surface area contributed by atoms with Crippen molar-refractivity contribution >= 4 is 35.6 Å². The van der Waals surface area contributed by atoms with Crippen LogP contribution in [0.3, 0.4) is 0 Å². The van der Waals surface area contributed by atoms with E-state index in [0.717, 1.165) is 36.2 Å². The van der Waals surface area contributed by atoms with Crippen LogP contribution in [0.2, 0.25) is 0 Å². The van der Waals surface area contributed by atoms with E-state index in [1.54, 1.807) is 0 Å². The quantitative estimate of drug-likeness (QED) is 0.400. The number of nitrogens with two attached hydrogens (primary N) is 1. The van der Waals surface area contributed by atoms with E-state index >= 15 is 0 Å². The van der Waals surface area contributed by atoms with Crippen LogP contribution in [0, 0.1) is 0 Å². The van der Waals surface area contributed by atoms with Crippen LogP contribution in [-0.2, 0) is 0 Å². The highest BCUT2D eigenvalue weighted by atomic mass is 127. The average molecular weight is 472 g/mol. The van der Waals surface area contributed by atoms with Gasteiger partial charge in [-0.05, 0) is 44.4 Å². The summed E-state index contributed by atoms with van der Waals surface area (Å²) < 4.78 is 11.4. The molecule has 7 heteroatoms. The van der Waals surface area contributed by atoms with E-state index in [1.165, 1.54) is 38.6 Å². The van der Waals surface area contributed by atoms with Crippen molar-refractivity contribution in [2.75, 3.05) is 31.6 Å². The summed E-state index contributed by atoms with van der Waals surface area (Å²) in [5.41, 5.74) is 7.00. The van der Waals surface area contributed by atoms with Gasteiger partial charge in [0, 0.05) is 30.3 Å². The number of halogens is 1. The minimum atomic E-state index is 0. The Balaban J connectivity index is 0.00000196. The fraction of sp³-hybridized carbons (Fsp3) is 0.632. The number of hydrogen-bond donors (Lipinski definition) is 2. The van der Waals surface area contributed by atoms with Gasteiger partial charge in [0.1, 0.15) is 0 Å². The Kier molecular flexibility index (Phi) is 6.86. The van der Waals surface area contributed by atoms with Gasteiger partial charge in [-0.25, -0.2) is 0 Å². The second kappa shape index (κ2) is 9.12. The van der Waals surface area contributed by atoms with Crippen molar-refractivity contribution in [1.29, 1.82) is 0 Å². The first-order valence-electron chi connectivity index (χ1n) is 9.52. The van der Waals surface area contributed by atoms with Gasteiger partial charge in [-0.3, -0.25) is 9.89 Å². The van der Waals surface area contributed by atoms with E-state index in [-0.39, 0.29) is 24.0 Å². The summed E-state index contributed by atoms with van der Waals surface area (Å²) in [6, 6.07) is 7.15. The molecular formula is C19H29IN4O2. The van der Waals surface area contributed by atoms with Gasteiger partial charge in [0.05, 0.1) is 19.8 Å². The third-order valence-corrected chi connectivity index (χ3v) is 5.18. The molecule has 1 aromatic rings. The third kappa shape index (κ3) is 4.94. The molecule has 2 aliphatic heterocycles. The number of piperidine rings is 1. The van der Waals surface area contributed by atoms with Gasteiger partial charge < -0.3 is 20.5 Å². The van der Waals surface area contributed by atoms with Crippen LogP contribution in [0.5, 0.6) is 11.5 Å². The number of hydrogen-bond acceptors (Lipinski definition) is 4. The van der Waals surface area contributed by atoms with Crippen LogP contribution in [0.4, 0.5) is 5.69 Å². The van der Waals surface area contributed by atoms with Crippen molar-refractivity contribution in [1.82, 2.24) is 4.90 Å². The minimum absolute atomic E-state index is 0. The molecule has 144 valence electrons. The van der Waals surface area contributed by atoms with Gasteiger partial charge >= 0.3 is 0 Å². The highest BCUT2D eigenvalue weighted by Gasteiger charge is 2.34. The van der Waals surface area contributed by atoms with Crippen molar-refractivity contribution in [2.24, 2.45) is 10.7 Å². The summed E-state index contributed by atoms with van der Waals surface area (Å²) in [5.74, 6) is 2.03. The summed E-state index contributed by atoms with van der Waals surface area (Å²) in [6.45, 7) is 3.38. The molecule has 1 saturated carbocycles. The zero-order valence-corrected chi connectivity index (χ0v) is 17.5. The number of rotatable bonds is 4. The molecule has 0 aromatic heterocycles. The lowest BCUT2D eigenvalue weighted by Crippen LogP contribution is -2.43. The molecule has 0 amide bonds. The minimum Gasteiger partial charge on any atom is -0.490 e. The van der Waals surface area contributed by atoms with Crippen LogP contribution >= 0.6 is 24.0 Å². The Hall–Kier alpha value is -1.22. The smallest absolute Gasteiger partial charge is 0.193 e. The van der Waals surface area contributed by atoms with Gasteiger partial charge in [0.25, 0.3) is 0 Å². The molecule has 0 radical (unpaired) electrons. The van der Waals surface area contributed by atoms with Crippen LogP contribution < -0.4 is 20.5 Å². The van der Waals surface area contributed by atoms with E-state index in [2.05, 4.69) is 15.2 Å². The maximum atomic E-state index is 6.12. The predicted octanol–water partition coefficient (Wildman–Crippen LogP) is 3.21. The zero-order valence-electron chi connectivity index (χ0n) is 15.2.